The van der Waals surface area contributed by atoms with E-state index in [9.17, 15) is 9.59 Å². The summed E-state index contributed by atoms with van der Waals surface area (Å²) in [7, 11) is 0. The Balaban J connectivity index is 2.27. The number of carbonyl (C=O) groups excluding carboxylic acids is 2. The normalized spacial score (nSPS) is 19.1. The van der Waals surface area contributed by atoms with Crippen molar-refractivity contribution in [3.05, 3.63) is 0 Å². The van der Waals surface area contributed by atoms with Crippen molar-refractivity contribution >= 4 is 11.8 Å². The number of carbonyl (C=O) groups is 2. The lowest BCUT2D eigenvalue weighted by atomic mass is 10.0. The summed E-state index contributed by atoms with van der Waals surface area (Å²) in [5, 5.41) is 9.40. The van der Waals surface area contributed by atoms with Gasteiger partial charge in [-0.1, -0.05) is 20.8 Å². The summed E-state index contributed by atoms with van der Waals surface area (Å²) in [5.74, 6) is 0.670. The lowest BCUT2D eigenvalue weighted by Crippen LogP contribution is -2.52. The Morgan fingerprint density at radius 2 is 1.75 bits per heavy atom. The van der Waals surface area contributed by atoms with Gasteiger partial charge in [0.25, 0.3) is 0 Å². The fourth-order valence-corrected chi connectivity index (χ4v) is 2.75. The monoisotopic (exact) mass is 340 g/mol. The topological polar surface area (TPSA) is 73.5 Å². The highest BCUT2D eigenvalue weighted by atomic mass is 16.2. The second kappa shape index (κ2) is 10.7. The van der Waals surface area contributed by atoms with Crippen LogP contribution in [-0.4, -0.2) is 61.0 Å². The minimum absolute atomic E-state index is 0.0710. The van der Waals surface area contributed by atoms with E-state index in [0.717, 1.165) is 38.9 Å². The van der Waals surface area contributed by atoms with E-state index in [0.29, 0.717) is 18.5 Å². The molecule has 0 aromatic heterocycles. The molecule has 0 bridgehead atoms. The van der Waals surface area contributed by atoms with Crippen LogP contribution in [0.3, 0.4) is 0 Å². The highest BCUT2D eigenvalue weighted by molar-refractivity contribution is 5.81. The molecule has 6 nitrogen and oxygen atoms in total. The van der Waals surface area contributed by atoms with Crippen LogP contribution in [0.4, 0.5) is 0 Å². The molecule has 0 aromatic carbocycles. The summed E-state index contributed by atoms with van der Waals surface area (Å²) in [6.07, 6.45) is 2.76. The average molecular weight is 341 g/mol. The first-order valence-corrected chi connectivity index (χ1v) is 9.39. The van der Waals surface area contributed by atoms with Crippen LogP contribution in [0.5, 0.6) is 0 Å². The van der Waals surface area contributed by atoms with Crippen molar-refractivity contribution in [2.24, 2.45) is 5.92 Å². The van der Waals surface area contributed by atoms with Crippen LogP contribution in [-0.2, 0) is 9.59 Å². The number of hydrogen-bond donors (Lipinski definition) is 3. The second-order valence-electron chi connectivity index (χ2n) is 7.33. The van der Waals surface area contributed by atoms with Gasteiger partial charge < -0.3 is 16.0 Å². The number of nitrogens with one attached hydrogen (secondary N) is 3. The van der Waals surface area contributed by atoms with Crippen molar-refractivity contribution in [3.63, 3.8) is 0 Å². The van der Waals surface area contributed by atoms with Crippen molar-refractivity contribution < 1.29 is 9.59 Å². The van der Waals surface area contributed by atoms with Crippen LogP contribution < -0.4 is 16.0 Å². The third-order valence-corrected chi connectivity index (χ3v) is 4.78. The van der Waals surface area contributed by atoms with Gasteiger partial charge in [-0.15, -0.1) is 0 Å². The first-order valence-electron chi connectivity index (χ1n) is 9.39. The maximum Gasteiger partial charge on any atom is 0.237 e. The Bertz CT molecular complexity index is 392. The fraction of sp³-hybridized carbons (Fsp3) is 0.889. The molecule has 1 fully saturated rings. The van der Waals surface area contributed by atoms with E-state index >= 15 is 0 Å². The van der Waals surface area contributed by atoms with E-state index in [1.807, 2.05) is 13.8 Å². The summed E-state index contributed by atoms with van der Waals surface area (Å²) in [5.41, 5.74) is 0. The van der Waals surface area contributed by atoms with Gasteiger partial charge in [0.15, 0.2) is 0 Å². The van der Waals surface area contributed by atoms with Crippen molar-refractivity contribution in [1.82, 2.24) is 20.9 Å². The van der Waals surface area contributed by atoms with Crippen LogP contribution in [0.2, 0.25) is 0 Å². The largest absolute Gasteiger partial charge is 0.355 e. The molecule has 3 N–H and O–H groups in total. The number of hydrogen-bond acceptors (Lipinski definition) is 4. The number of nitrogens with zero attached hydrogens (tertiary/aromatic N) is 1. The lowest BCUT2D eigenvalue weighted by molar-refractivity contribution is -0.125. The molecule has 0 spiro atoms. The van der Waals surface area contributed by atoms with Crippen LogP contribution in [0, 0.1) is 5.92 Å². The molecule has 1 aliphatic heterocycles. The van der Waals surface area contributed by atoms with Crippen LogP contribution in [0.25, 0.3) is 0 Å². The average Bonchev–Trinajstić information content (AvgIpc) is 2.54. The Morgan fingerprint density at radius 3 is 2.29 bits per heavy atom. The molecule has 0 radical (unpaired) electrons. The highest BCUT2D eigenvalue weighted by Crippen LogP contribution is 2.10. The quantitative estimate of drug-likeness (QED) is 0.588. The smallest absolute Gasteiger partial charge is 0.237 e. The predicted molar refractivity (Wildman–Crippen MR) is 97.8 cm³/mol. The lowest BCUT2D eigenvalue weighted by Gasteiger charge is -2.32. The standard InChI is InChI=1S/C18H36N4O2/c1-6-9-19-17(23)12-22-10-7-16(8-11-22)21-18(24)15(5)20-14(4)13(2)3/h13-16,20H,6-12H2,1-5H3,(H,19,23)(H,21,24)/t14-,15-/m0/s1. The molecule has 140 valence electrons. The van der Waals surface area contributed by atoms with Gasteiger partial charge in [-0.25, -0.2) is 0 Å². The minimum Gasteiger partial charge on any atom is -0.355 e. The first kappa shape index (κ1) is 20.9. The molecule has 0 aromatic rings. The summed E-state index contributed by atoms with van der Waals surface area (Å²) in [6.45, 7) is 13.3. The predicted octanol–water partition coefficient (Wildman–Crippen LogP) is 1.12. The van der Waals surface area contributed by atoms with Gasteiger partial charge in [-0.05, 0) is 39.0 Å². The zero-order valence-corrected chi connectivity index (χ0v) is 16.0. The second-order valence-corrected chi connectivity index (χ2v) is 7.33. The number of likely N-dealkylation sites (tertiary alicyclic amines) is 1. The third kappa shape index (κ3) is 7.62. The van der Waals surface area contributed by atoms with Gasteiger partial charge in [0.1, 0.15) is 0 Å². The van der Waals surface area contributed by atoms with Gasteiger partial charge in [0.05, 0.1) is 12.6 Å². The summed E-state index contributed by atoms with van der Waals surface area (Å²) < 4.78 is 0. The zero-order valence-electron chi connectivity index (χ0n) is 16.0. The SMILES string of the molecule is CCCNC(=O)CN1CCC(NC(=O)[C@H](C)N[C@@H](C)C(C)C)CC1. The molecule has 0 unspecified atom stereocenters. The molecular formula is C18H36N4O2. The molecule has 2 atom stereocenters. The van der Waals surface area contributed by atoms with E-state index in [1.54, 1.807) is 0 Å². The number of rotatable bonds is 9. The Morgan fingerprint density at radius 1 is 1.12 bits per heavy atom. The van der Waals surface area contributed by atoms with E-state index in [1.165, 1.54) is 0 Å². The Labute approximate surface area is 147 Å². The van der Waals surface area contributed by atoms with Crippen LogP contribution >= 0.6 is 0 Å². The minimum atomic E-state index is -0.180. The maximum absolute atomic E-state index is 12.3. The fourth-order valence-electron chi connectivity index (χ4n) is 2.75. The third-order valence-electron chi connectivity index (χ3n) is 4.78. The van der Waals surface area contributed by atoms with E-state index < -0.39 is 0 Å². The molecule has 0 saturated carbocycles. The molecule has 1 saturated heterocycles. The van der Waals surface area contributed by atoms with Gasteiger partial charge >= 0.3 is 0 Å². The molecule has 0 aliphatic carbocycles. The molecular weight excluding hydrogens is 304 g/mol. The Hall–Kier alpha value is -1.14. The Kier molecular flexibility index (Phi) is 9.29. The van der Waals surface area contributed by atoms with Crippen LogP contribution in [0.15, 0.2) is 0 Å². The van der Waals surface area contributed by atoms with Crippen molar-refractivity contribution in [1.29, 1.82) is 0 Å². The molecule has 1 aliphatic rings. The van der Waals surface area contributed by atoms with Crippen molar-refractivity contribution in [2.75, 3.05) is 26.2 Å². The van der Waals surface area contributed by atoms with Gasteiger partial charge in [-0.2, -0.15) is 0 Å². The maximum atomic E-state index is 12.3. The molecule has 1 rings (SSSR count). The van der Waals surface area contributed by atoms with Crippen molar-refractivity contribution in [3.8, 4) is 0 Å². The van der Waals surface area contributed by atoms with E-state index in [4.69, 9.17) is 0 Å². The van der Waals surface area contributed by atoms with Crippen LogP contribution in [0.1, 0.15) is 53.9 Å². The van der Waals surface area contributed by atoms with Gasteiger partial charge in [-0.3, -0.25) is 14.5 Å². The van der Waals surface area contributed by atoms with Gasteiger partial charge in [0, 0.05) is 31.7 Å². The number of amides is 2. The van der Waals surface area contributed by atoms with E-state index in [-0.39, 0.29) is 23.9 Å². The summed E-state index contributed by atoms with van der Waals surface area (Å²) in [6, 6.07) is 0.348. The van der Waals surface area contributed by atoms with Crippen molar-refractivity contribution in [2.45, 2.75) is 72.0 Å². The molecule has 24 heavy (non-hydrogen) atoms. The molecule has 1 heterocycles. The molecule has 6 heteroatoms. The van der Waals surface area contributed by atoms with Gasteiger partial charge in [0.2, 0.25) is 11.8 Å². The highest BCUT2D eigenvalue weighted by Gasteiger charge is 2.24. The van der Waals surface area contributed by atoms with E-state index in [2.05, 4.69) is 41.6 Å². The first-order chi connectivity index (χ1) is 11.3. The zero-order chi connectivity index (χ0) is 18.1. The molecule has 2 amide bonds. The number of piperidine rings is 1. The summed E-state index contributed by atoms with van der Waals surface area (Å²) in [4.78, 5) is 26.2. The summed E-state index contributed by atoms with van der Waals surface area (Å²) >= 11 is 0.